The molecule has 0 radical (unpaired) electrons. The summed E-state index contributed by atoms with van der Waals surface area (Å²) in [7, 11) is 0. The van der Waals surface area contributed by atoms with Gasteiger partial charge in [-0.15, -0.1) is 0 Å². The molecule has 2 aliphatic rings. The molecule has 0 spiro atoms. The molecule has 0 aliphatic carbocycles. The van der Waals surface area contributed by atoms with E-state index in [4.69, 9.17) is 51.4 Å². The molecule has 4 aromatic rings. The number of esters is 2. The van der Waals surface area contributed by atoms with Gasteiger partial charge in [0.1, 0.15) is 12.1 Å². The van der Waals surface area contributed by atoms with Crippen LogP contribution in [0.25, 0.3) is 0 Å². The Morgan fingerprint density at radius 2 is 0.961 bits per heavy atom. The molecule has 26 heteroatoms. The molecule has 0 saturated carbocycles. The Balaban J connectivity index is 1.13. The first-order valence-electron chi connectivity index (χ1n) is 23.4. The summed E-state index contributed by atoms with van der Waals surface area (Å²) in [5.74, 6) is -11.1. The van der Waals surface area contributed by atoms with Crippen LogP contribution in [-0.2, 0) is 41.5 Å². The fourth-order valence-electron chi connectivity index (χ4n) is 8.17. The monoisotopic (exact) mass is 1050 g/mol. The maximum atomic E-state index is 14.3. The van der Waals surface area contributed by atoms with E-state index in [1.165, 1.54) is 60.7 Å². The second-order valence-electron chi connectivity index (χ2n) is 16.8. The lowest BCUT2D eigenvalue weighted by molar-refractivity contribution is -0.149. The topological polar surface area (TPSA) is 408 Å². The van der Waals surface area contributed by atoms with Crippen molar-refractivity contribution in [2.24, 2.45) is 32.9 Å². The molecule has 0 bridgehead atoms. The van der Waals surface area contributed by atoms with Gasteiger partial charge >= 0.3 is 35.8 Å². The number of fused-ring (bicyclic) bond motifs is 4. The lowest BCUT2D eigenvalue weighted by Crippen LogP contribution is -2.48. The molecule has 26 nitrogen and oxygen atoms in total. The largest absolute Gasteiger partial charge is 0.489 e. The summed E-state index contributed by atoms with van der Waals surface area (Å²) in [4.78, 5) is 114. The molecule has 6 rings (SSSR count). The lowest BCUT2D eigenvalue weighted by Gasteiger charge is -2.29. The van der Waals surface area contributed by atoms with Crippen molar-refractivity contribution < 1.29 is 87.2 Å². The van der Waals surface area contributed by atoms with Gasteiger partial charge in [-0.3, -0.25) is 19.2 Å². The minimum absolute atomic E-state index is 0.00885. The number of amides is 2. The molecule has 2 aliphatic heterocycles. The van der Waals surface area contributed by atoms with Gasteiger partial charge in [0.15, 0.2) is 34.9 Å². The second-order valence-corrected chi connectivity index (χ2v) is 16.8. The van der Waals surface area contributed by atoms with Crippen molar-refractivity contribution in [3.05, 3.63) is 106 Å². The van der Waals surface area contributed by atoms with Crippen molar-refractivity contribution in [3.63, 3.8) is 0 Å². The maximum absolute atomic E-state index is 14.3. The van der Waals surface area contributed by atoms with Gasteiger partial charge in [-0.25, -0.2) is 29.2 Å². The first-order chi connectivity index (χ1) is 36.3. The van der Waals surface area contributed by atoms with E-state index in [0.717, 1.165) is 9.80 Å². The average molecular weight is 1060 g/mol. The number of hydrogen-bond acceptors (Lipinski definition) is 16. The van der Waals surface area contributed by atoms with Crippen molar-refractivity contribution in [2.45, 2.75) is 50.6 Å². The minimum atomic E-state index is -1.91. The quantitative estimate of drug-likeness (QED) is 0.0195. The highest BCUT2D eigenvalue weighted by Crippen LogP contribution is 2.37. The first-order valence-corrected chi connectivity index (χ1v) is 23.4. The van der Waals surface area contributed by atoms with Crippen LogP contribution in [0.5, 0.6) is 23.0 Å². The van der Waals surface area contributed by atoms with Crippen molar-refractivity contribution in [1.29, 1.82) is 0 Å². The number of para-hydroxylation sites is 2. The number of aliphatic imine (C=N–C) groups is 2. The number of guanidine groups is 2. The number of nitrogens with two attached hydrogens (primary N) is 4. The number of hydrogen-bond donors (Lipinski definition) is 8. The fourth-order valence-corrected chi connectivity index (χ4v) is 8.17. The Morgan fingerprint density at radius 3 is 1.32 bits per heavy atom. The zero-order valence-corrected chi connectivity index (χ0v) is 40.6. The van der Waals surface area contributed by atoms with Crippen LogP contribution in [0.3, 0.4) is 0 Å². The molecule has 12 N–H and O–H groups in total. The van der Waals surface area contributed by atoms with Crippen LogP contribution in [0, 0.1) is 0 Å². The van der Waals surface area contributed by atoms with E-state index in [1.807, 2.05) is 0 Å². The third-order valence-corrected chi connectivity index (χ3v) is 11.5. The Morgan fingerprint density at radius 1 is 0.566 bits per heavy atom. The molecule has 2 unspecified atom stereocenters. The predicted octanol–water partition coefficient (Wildman–Crippen LogP) is 2.06. The van der Waals surface area contributed by atoms with Gasteiger partial charge in [0, 0.05) is 13.1 Å². The normalized spacial score (nSPS) is 13.8. The second kappa shape index (κ2) is 26.1. The molecule has 4 aromatic carbocycles. The summed E-state index contributed by atoms with van der Waals surface area (Å²) in [5, 5.41) is 39.6. The van der Waals surface area contributed by atoms with Crippen LogP contribution in [0.1, 0.15) is 78.2 Å². The maximum Gasteiger partial charge on any atom is 0.343 e. The van der Waals surface area contributed by atoms with Crippen LogP contribution >= 0.6 is 0 Å². The van der Waals surface area contributed by atoms with E-state index in [-0.39, 0.29) is 96.8 Å². The van der Waals surface area contributed by atoms with Gasteiger partial charge in [0.25, 0.3) is 11.8 Å². The molecular formula is C50H54N8O18. The molecule has 2 atom stereocenters. The van der Waals surface area contributed by atoms with Crippen molar-refractivity contribution in [2.75, 3.05) is 52.7 Å². The zero-order chi connectivity index (χ0) is 55.1. The van der Waals surface area contributed by atoms with Gasteiger partial charge in [-0.2, -0.15) is 0 Å². The summed E-state index contributed by atoms with van der Waals surface area (Å²) in [5.41, 5.74) is 23.8. The van der Waals surface area contributed by atoms with Gasteiger partial charge in [0.2, 0.25) is 0 Å². The van der Waals surface area contributed by atoms with E-state index < -0.39 is 85.6 Å². The Labute approximate surface area is 432 Å². The highest BCUT2D eigenvalue weighted by atomic mass is 16.6. The summed E-state index contributed by atoms with van der Waals surface area (Å²) in [6.45, 7) is -2.20. The Kier molecular flexibility index (Phi) is 19.2. The number of carbonyl (C=O) groups is 8. The van der Waals surface area contributed by atoms with Crippen molar-refractivity contribution in [1.82, 2.24) is 9.80 Å². The number of ether oxygens (including phenoxy) is 6. The van der Waals surface area contributed by atoms with Crippen molar-refractivity contribution >= 4 is 70.9 Å². The molecular weight excluding hydrogens is 1000 g/mol. The van der Waals surface area contributed by atoms with Crippen LogP contribution < -0.4 is 41.9 Å². The van der Waals surface area contributed by atoms with Crippen LogP contribution in [0.2, 0.25) is 0 Å². The molecule has 76 heavy (non-hydrogen) atoms. The highest BCUT2D eigenvalue weighted by molar-refractivity contribution is 6.02. The lowest BCUT2D eigenvalue weighted by atomic mass is 10.0. The van der Waals surface area contributed by atoms with E-state index in [1.54, 1.807) is 12.1 Å². The summed E-state index contributed by atoms with van der Waals surface area (Å²) < 4.78 is 34.6. The summed E-state index contributed by atoms with van der Waals surface area (Å²) in [6.07, 6.45) is -0.772. The number of carbonyl (C=O) groups excluding carboxylic acids is 4. The highest BCUT2D eigenvalue weighted by Gasteiger charge is 2.37. The third kappa shape index (κ3) is 14.7. The van der Waals surface area contributed by atoms with Crippen LogP contribution in [-0.4, -0.2) is 155 Å². The molecule has 2 amide bonds. The fraction of sp³-hybridized carbons (Fsp3) is 0.320. The number of aryl methyl sites for hydroxylation is 2. The van der Waals surface area contributed by atoms with Gasteiger partial charge < -0.3 is 81.6 Å². The summed E-state index contributed by atoms with van der Waals surface area (Å²) >= 11 is 0. The third-order valence-electron chi connectivity index (χ3n) is 11.5. The number of aliphatic carboxylic acids is 4. The van der Waals surface area contributed by atoms with E-state index >= 15 is 0 Å². The standard InChI is InChI=1S/C50H54N8O18/c51-49(52)55-29-11-13-31-27(23-29)5-3-17-73-41-33(7-1-9-37(41)75-47(31)69)43(63)57(35(45(65)66)25-39(59)60)15-19-71-21-22-72-20-16-58(36(46(67)68)26-40(61)62)44(64)34-8-2-10-38-42(34)74-18-4-6-28-24-30(56-50(53)54)12-14-32(28)48(70)76-38/h1-2,7-14,23-24,35-36H,3-6,15-22,25-26H2,(H,59,60)(H,61,62)(H,65,66)(H,67,68)(H4,51,52,55)(H4,53,54,56). The number of benzene rings is 4. The average Bonchev–Trinajstić information content (AvgIpc) is 3.36. The van der Waals surface area contributed by atoms with Crippen LogP contribution in [0.4, 0.5) is 11.4 Å². The van der Waals surface area contributed by atoms with Gasteiger partial charge in [-0.05, 0) is 97.5 Å². The van der Waals surface area contributed by atoms with E-state index in [2.05, 4.69) is 9.98 Å². The van der Waals surface area contributed by atoms with Gasteiger partial charge in [0.05, 0.1) is 86.1 Å². The molecule has 2 heterocycles. The molecule has 0 aromatic heterocycles. The molecule has 0 fully saturated rings. The number of carboxylic acid groups (broad SMARTS) is 4. The number of nitrogens with zero attached hydrogens (tertiary/aromatic N) is 4. The predicted molar refractivity (Wildman–Crippen MR) is 265 cm³/mol. The van der Waals surface area contributed by atoms with Crippen LogP contribution in [0.15, 0.2) is 82.8 Å². The van der Waals surface area contributed by atoms with E-state index in [0.29, 0.717) is 48.2 Å². The summed E-state index contributed by atoms with van der Waals surface area (Å²) in [6, 6.07) is 13.4. The number of carboxylic acids is 4. The smallest absolute Gasteiger partial charge is 0.343 e. The zero-order valence-electron chi connectivity index (χ0n) is 40.6. The Bertz CT molecular complexity index is 2740. The molecule has 0 saturated heterocycles. The number of rotatable bonds is 21. The minimum Gasteiger partial charge on any atom is -0.489 e. The Hall–Kier alpha value is -9.30. The SMILES string of the molecule is NC(N)=Nc1ccc2c(c1)CCCOc1c(cccc1C(=O)N(CCOCCOCCN(C(=O)c1cccc3c1OCCCc1cc(N=C(N)N)ccc1C(=O)O3)C(CC(=O)O)C(=O)O)C(CC(=O)O)C(=O)O)OC2=O. The first kappa shape index (κ1) is 56.0. The molecule has 402 valence electrons. The van der Waals surface area contributed by atoms with Crippen molar-refractivity contribution in [3.8, 4) is 23.0 Å². The van der Waals surface area contributed by atoms with E-state index in [9.17, 15) is 58.8 Å². The van der Waals surface area contributed by atoms with Gasteiger partial charge in [-0.1, -0.05) is 12.1 Å².